The van der Waals surface area contributed by atoms with Crippen LogP contribution < -0.4 is 15.0 Å². The van der Waals surface area contributed by atoms with Gasteiger partial charge in [0.2, 0.25) is 0 Å². The fraction of sp³-hybridized carbons (Fsp3) is 0.381. The average molecular weight is 374 g/mol. The van der Waals surface area contributed by atoms with Gasteiger partial charge in [-0.3, -0.25) is 4.79 Å². The molecular formula is C21H27FN2O3. The second kappa shape index (κ2) is 9.92. The van der Waals surface area contributed by atoms with Crippen molar-refractivity contribution in [1.82, 2.24) is 0 Å². The molecular weight excluding hydrogens is 347 g/mol. The highest BCUT2D eigenvalue weighted by Gasteiger charge is 2.12. The molecule has 0 bridgehead atoms. The number of amides is 1. The van der Waals surface area contributed by atoms with E-state index in [-0.39, 0.29) is 18.3 Å². The Morgan fingerprint density at radius 1 is 1.15 bits per heavy atom. The Labute approximate surface area is 160 Å². The molecule has 1 N–H and O–H groups in total. The number of carbonyl (C=O) groups excluding carboxylic acids is 1. The number of ether oxygens (including phenoxy) is 2. The summed E-state index contributed by atoms with van der Waals surface area (Å²) >= 11 is 0. The summed E-state index contributed by atoms with van der Waals surface area (Å²) < 4.78 is 24.2. The lowest BCUT2D eigenvalue weighted by molar-refractivity contribution is 0.102. The number of nitrogens with one attached hydrogen (secondary N) is 1. The van der Waals surface area contributed by atoms with Gasteiger partial charge in [0, 0.05) is 42.7 Å². The third-order valence-corrected chi connectivity index (χ3v) is 4.16. The fourth-order valence-electron chi connectivity index (χ4n) is 2.78. The van der Waals surface area contributed by atoms with E-state index >= 15 is 0 Å². The Morgan fingerprint density at radius 3 is 2.41 bits per heavy atom. The van der Waals surface area contributed by atoms with Crippen molar-refractivity contribution in [2.24, 2.45) is 0 Å². The molecule has 2 aromatic rings. The average Bonchev–Trinajstić information content (AvgIpc) is 2.64. The highest BCUT2D eigenvalue weighted by Crippen LogP contribution is 2.22. The molecule has 0 fully saturated rings. The number of hydrogen-bond acceptors (Lipinski definition) is 4. The molecule has 0 atom stereocenters. The maximum atomic E-state index is 14.1. The van der Waals surface area contributed by atoms with Crippen LogP contribution >= 0.6 is 0 Å². The van der Waals surface area contributed by atoms with Crippen LogP contribution in [0.4, 0.5) is 15.8 Å². The van der Waals surface area contributed by atoms with Crippen LogP contribution in [0, 0.1) is 5.82 Å². The summed E-state index contributed by atoms with van der Waals surface area (Å²) in [7, 11) is 1.55. The Balaban J connectivity index is 2.03. The summed E-state index contributed by atoms with van der Waals surface area (Å²) in [5, 5.41) is 2.71. The Morgan fingerprint density at radius 2 is 1.85 bits per heavy atom. The van der Waals surface area contributed by atoms with Gasteiger partial charge >= 0.3 is 0 Å². The van der Waals surface area contributed by atoms with Gasteiger partial charge in [-0.05, 0) is 57.2 Å². The lowest BCUT2D eigenvalue weighted by Crippen LogP contribution is -2.30. The van der Waals surface area contributed by atoms with Crippen LogP contribution in [0.1, 0.15) is 31.1 Å². The van der Waals surface area contributed by atoms with E-state index in [1.807, 2.05) is 12.1 Å². The normalized spacial score (nSPS) is 10.7. The topological polar surface area (TPSA) is 50.8 Å². The first-order valence-corrected chi connectivity index (χ1v) is 9.05. The predicted octanol–water partition coefficient (Wildman–Crippen LogP) is 4.34. The molecule has 0 aliphatic heterocycles. The minimum Gasteiger partial charge on any atom is -0.488 e. The van der Waals surface area contributed by atoms with Crippen LogP contribution in [0.3, 0.4) is 0 Å². The summed E-state index contributed by atoms with van der Waals surface area (Å²) in [4.78, 5) is 14.6. The van der Waals surface area contributed by atoms with Crippen LogP contribution in [0.25, 0.3) is 0 Å². The molecule has 2 aromatic carbocycles. The molecule has 0 saturated carbocycles. The van der Waals surface area contributed by atoms with Gasteiger partial charge < -0.3 is 19.7 Å². The maximum absolute atomic E-state index is 14.1. The Bertz CT molecular complexity index is 748. The van der Waals surface area contributed by atoms with Gasteiger partial charge in [0.15, 0.2) is 11.6 Å². The van der Waals surface area contributed by atoms with E-state index < -0.39 is 5.82 Å². The molecule has 0 radical (unpaired) electrons. The van der Waals surface area contributed by atoms with Crippen molar-refractivity contribution in [1.29, 1.82) is 0 Å². The molecule has 0 aromatic heterocycles. The smallest absolute Gasteiger partial charge is 0.255 e. The molecule has 27 heavy (non-hydrogen) atoms. The summed E-state index contributed by atoms with van der Waals surface area (Å²) in [5.41, 5.74) is 1.95. The summed E-state index contributed by atoms with van der Waals surface area (Å²) in [5.74, 6) is -0.695. The zero-order valence-corrected chi connectivity index (χ0v) is 16.3. The number of hydrogen-bond donors (Lipinski definition) is 1. The molecule has 0 spiro atoms. The monoisotopic (exact) mass is 374 g/mol. The standard InChI is InChI=1S/C21H27FN2O3/c1-5-24(15(2)3)18-9-6-16(7-10-18)21(25)23-17-8-11-20(19(22)14-17)27-13-12-26-4/h6-11,14-15H,5,12-13H2,1-4H3,(H,23,25). The number of anilines is 2. The second-order valence-corrected chi connectivity index (χ2v) is 6.37. The van der Waals surface area contributed by atoms with Crippen LogP contribution in [0.15, 0.2) is 42.5 Å². The Hall–Kier alpha value is -2.60. The van der Waals surface area contributed by atoms with E-state index in [1.54, 1.807) is 25.3 Å². The lowest BCUT2D eigenvalue weighted by atomic mass is 10.1. The molecule has 0 unspecified atom stereocenters. The fourth-order valence-corrected chi connectivity index (χ4v) is 2.78. The number of halogens is 1. The number of benzene rings is 2. The zero-order chi connectivity index (χ0) is 19.8. The first kappa shape index (κ1) is 20.7. The largest absolute Gasteiger partial charge is 0.488 e. The van der Waals surface area contributed by atoms with Crippen molar-refractivity contribution in [3.8, 4) is 5.75 Å². The minimum absolute atomic E-state index is 0.128. The summed E-state index contributed by atoms with van der Waals surface area (Å²) in [6.45, 7) is 7.87. The molecule has 0 aliphatic rings. The third-order valence-electron chi connectivity index (χ3n) is 4.16. The molecule has 6 heteroatoms. The molecule has 146 valence electrons. The van der Waals surface area contributed by atoms with E-state index in [4.69, 9.17) is 9.47 Å². The van der Waals surface area contributed by atoms with Crippen molar-refractivity contribution >= 4 is 17.3 Å². The number of rotatable bonds is 9. The summed E-state index contributed by atoms with van der Waals surface area (Å²) in [6, 6.07) is 12.1. The highest BCUT2D eigenvalue weighted by molar-refractivity contribution is 6.04. The molecule has 1 amide bonds. The Kier molecular flexibility index (Phi) is 7.61. The quantitative estimate of drug-likeness (QED) is 0.664. The maximum Gasteiger partial charge on any atom is 0.255 e. The first-order valence-electron chi connectivity index (χ1n) is 9.05. The van der Waals surface area contributed by atoms with Gasteiger partial charge in [-0.1, -0.05) is 0 Å². The first-order chi connectivity index (χ1) is 13.0. The van der Waals surface area contributed by atoms with Gasteiger partial charge in [-0.25, -0.2) is 4.39 Å². The molecule has 2 rings (SSSR count). The van der Waals surface area contributed by atoms with Crippen LogP contribution in [-0.2, 0) is 4.74 Å². The van der Waals surface area contributed by atoms with Crippen LogP contribution in [0.2, 0.25) is 0 Å². The predicted molar refractivity (Wildman–Crippen MR) is 106 cm³/mol. The third kappa shape index (κ3) is 5.69. The van der Waals surface area contributed by atoms with Gasteiger partial charge in [0.05, 0.1) is 6.61 Å². The minimum atomic E-state index is -0.533. The molecule has 0 saturated heterocycles. The van der Waals surface area contributed by atoms with E-state index in [0.717, 1.165) is 12.2 Å². The van der Waals surface area contributed by atoms with Crippen molar-refractivity contribution in [2.75, 3.05) is 37.1 Å². The van der Waals surface area contributed by atoms with Crippen molar-refractivity contribution in [3.05, 3.63) is 53.8 Å². The van der Waals surface area contributed by atoms with Crippen molar-refractivity contribution in [2.45, 2.75) is 26.8 Å². The van der Waals surface area contributed by atoms with Gasteiger partial charge in [-0.15, -0.1) is 0 Å². The number of methoxy groups -OCH3 is 1. The van der Waals surface area contributed by atoms with Gasteiger partial charge in [0.1, 0.15) is 6.61 Å². The van der Waals surface area contributed by atoms with Crippen molar-refractivity contribution in [3.63, 3.8) is 0 Å². The highest BCUT2D eigenvalue weighted by atomic mass is 19.1. The SMILES string of the molecule is CCN(c1ccc(C(=O)Nc2ccc(OCCOC)c(F)c2)cc1)C(C)C. The number of carbonyl (C=O) groups is 1. The molecule has 0 heterocycles. The number of nitrogens with zero attached hydrogens (tertiary/aromatic N) is 1. The van der Waals surface area contributed by atoms with Crippen LogP contribution in [-0.4, -0.2) is 38.8 Å². The lowest BCUT2D eigenvalue weighted by Gasteiger charge is -2.27. The molecule has 0 aliphatic carbocycles. The van der Waals surface area contributed by atoms with Crippen LogP contribution in [0.5, 0.6) is 5.75 Å². The zero-order valence-electron chi connectivity index (χ0n) is 16.3. The summed E-state index contributed by atoms with van der Waals surface area (Å²) in [6.07, 6.45) is 0. The van der Waals surface area contributed by atoms with E-state index in [0.29, 0.717) is 23.9 Å². The van der Waals surface area contributed by atoms with E-state index in [9.17, 15) is 9.18 Å². The van der Waals surface area contributed by atoms with E-state index in [2.05, 4.69) is 31.0 Å². The van der Waals surface area contributed by atoms with Gasteiger partial charge in [-0.2, -0.15) is 0 Å². The molecule has 5 nitrogen and oxygen atoms in total. The second-order valence-electron chi connectivity index (χ2n) is 6.37. The van der Waals surface area contributed by atoms with Gasteiger partial charge in [0.25, 0.3) is 5.91 Å². The van der Waals surface area contributed by atoms with Crippen molar-refractivity contribution < 1.29 is 18.7 Å². The van der Waals surface area contributed by atoms with E-state index in [1.165, 1.54) is 12.1 Å².